The number of aromatic nitrogens is 3. The lowest BCUT2D eigenvalue weighted by molar-refractivity contribution is -0.120. The van der Waals surface area contributed by atoms with Crippen molar-refractivity contribution in [1.29, 1.82) is 0 Å². The van der Waals surface area contributed by atoms with Crippen molar-refractivity contribution in [3.63, 3.8) is 0 Å². The topological polar surface area (TPSA) is 125 Å². The van der Waals surface area contributed by atoms with Gasteiger partial charge < -0.3 is 20.1 Å². The van der Waals surface area contributed by atoms with Crippen molar-refractivity contribution in [2.24, 2.45) is 5.10 Å². The second kappa shape index (κ2) is 11.4. The van der Waals surface area contributed by atoms with Crippen molar-refractivity contribution in [1.82, 2.24) is 20.2 Å². The Labute approximate surface area is 212 Å². The molecule has 4 aromatic rings. The van der Waals surface area contributed by atoms with Gasteiger partial charge in [0.15, 0.2) is 11.0 Å². The van der Waals surface area contributed by atoms with Gasteiger partial charge in [0, 0.05) is 29.2 Å². The van der Waals surface area contributed by atoms with Gasteiger partial charge in [0.05, 0.1) is 18.0 Å². The molecule has 1 aromatic heterocycles. The number of nitrogens with one attached hydrogen (secondary N) is 2. The lowest BCUT2D eigenvalue weighted by Crippen LogP contribution is -2.27. The van der Waals surface area contributed by atoms with Crippen LogP contribution in [0.5, 0.6) is 11.5 Å². The van der Waals surface area contributed by atoms with E-state index in [9.17, 15) is 15.0 Å². The van der Waals surface area contributed by atoms with Gasteiger partial charge in [0.25, 0.3) is 5.91 Å². The molecule has 9 nitrogen and oxygen atoms in total. The normalized spacial score (nSPS) is 12.0. The van der Waals surface area contributed by atoms with Crippen LogP contribution >= 0.6 is 11.8 Å². The van der Waals surface area contributed by atoms with E-state index in [0.29, 0.717) is 23.8 Å². The van der Waals surface area contributed by atoms with Gasteiger partial charge in [-0.25, -0.2) is 5.43 Å². The number of carbonyl (C=O) groups excluding carboxylic acids is 1. The lowest BCUT2D eigenvalue weighted by atomic mass is 10.1. The standard InChI is InChI=1S/C26H26N6O3S/c1-3-13-32-24(16-27-22-10-6-8-18-7-4-5-9-21(18)22)29-31-26(32)36-17(2)25(35)30-28-15-19-11-12-20(33)14-23(19)34/h3-12,14-15,17,27,33-34H,1,13,16H2,2H3,(H,30,35)/b28-15+/t17-/m1/s1. The number of benzene rings is 3. The van der Waals surface area contributed by atoms with E-state index in [0.717, 1.165) is 22.3 Å². The van der Waals surface area contributed by atoms with Crippen LogP contribution in [0.2, 0.25) is 0 Å². The fourth-order valence-corrected chi connectivity index (χ4v) is 4.38. The zero-order valence-electron chi connectivity index (χ0n) is 19.6. The van der Waals surface area contributed by atoms with Crippen LogP contribution in [0.3, 0.4) is 0 Å². The molecule has 0 spiro atoms. The summed E-state index contributed by atoms with van der Waals surface area (Å²) in [5.74, 6) is 0.184. The van der Waals surface area contributed by atoms with E-state index in [2.05, 4.69) is 50.8 Å². The highest BCUT2D eigenvalue weighted by atomic mass is 32.2. The largest absolute Gasteiger partial charge is 0.508 e. The number of rotatable bonds is 10. The van der Waals surface area contributed by atoms with E-state index < -0.39 is 5.25 Å². The quantitative estimate of drug-likeness (QED) is 0.110. The Kier molecular flexibility index (Phi) is 7.86. The summed E-state index contributed by atoms with van der Waals surface area (Å²) in [6, 6.07) is 18.4. The van der Waals surface area contributed by atoms with Gasteiger partial charge in [-0.2, -0.15) is 5.10 Å². The lowest BCUT2D eigenvalue weighted by Gasteiger charge is -2.13. The summed E-state index contributed by atoms with van der Waals surface area (Å²) in [6.45, 7) is 6.53. The molecular weight excluding hydrogens is 476 g/mol. The highest BCUT2D eigenvalue weighted by Crippen LogP contribution is 2.26. The number of carbonyl (C=O) groups is 1. The molecule has 0 fully saturated rings. The van der Waals surface area contributed by atoms with Crippen molar-refractivity contribution in [3.8, 4) is 11.5 Å². The molecule has 0 aliphatic rings. The summed E-state index contributed by atoms with van der Waals surface area (Å²) in [5.41, 5.74) is 3.83. The molecule has 0 aliphatic carbocycles. The molecule has 4 N–H and O–H groups in total. The first kappa shape index (κ1) is 24.8. The number of hydrazone groups is 1. The Morgan fingerprint density at radius 1 is 1.17 bits per heavy atom. The third-order valence-corrected chi connectivity index (χ3v) is 6.46. The minimum absolute atomic E-state index is 0.0611. The van der Waals surface area contributed by atoms with E-state index >= 15 is 0 Å². The third-order valence-electron chi connectivity index (χ3n) is 5.38. The molecule has 0 unspecified atom stereocenters. The molecule has 4 rings (SSSR count). The van der Waals surface area contributed by atoms with E-state index in [4.69, 9.17) is 0 Å². The average molecular weight is 503 g/mol. The van der Waals surface area contributed by atoms with Crippen molar-refractivity contribution < 1.29 is 15.0 Å². The third kappa shape index (κ3) is 5.84. The fourth-order valence-electron chi connectivity index (χ4n) is 3.51. The van der Waals surface area contributed by atoms with Gasteiger partial charge in [-0.3, -0.25) is 4.79 Å². The second-order valence-electron chi connectivity index (χ2n) is 7.92. The van der Waals surface area contributed by atoms with Crippen molar-refractivity contribution in [2.75, 3.05) is 5.32 Å². The minimum atomic E-state index is -0.512. The summed E-state index contributed by atoms with van der Waals surface area (Å²) in [4.78, 5) is 12.5. The van der Waals surface area contributed by atoms with Crippen LogP contribution in [0.4, 0.5) is 5.69 Å². The van der Waals surface area contributed by atoms with Crippen molar-refractivity contribution >= 4 is 40.3 Å². The van der Waals surface area contributed by atoms with Crippen LogP contribution in [0, 0.1) is 0 Å². The van der Waals surface area contributed by atoms with Crippen LogP contribution in [-0.4, -0.2) is 42.3 Å². The zero-order valence-corrected chi connectivity index (χ0v) is 20.4. The van der Waals surface area contributed by atoms with E-state index in [1.54, 1.807) is 13.0 Å². The molecule has 0 saturated carbocycles. The Bertz CT molecular complexity index is 1410. The number of fused-ring (bicyclic) bond motifs is 1. The fraction of sp³-hybridized carbons (Fsp3) is 0.154. The highest BCUT2D eigenvalue weighted by Gasteiger charge is 2.20. The SMILES string of the molecule is C=CCn1c(CNc2cccc3ccccc23)nnc1S[C@H](C)C(=O)N/N=C/c1ccc(O)cc1O. The Balaban J connectivity index is 1.41. The maximum absolute atomic E-state index is 12.5. The first-order valence-corrected chi connectivity index (χ1v) is 12.1. The van der Waals surface area contributed by atoms with Gasteiger partial charge in [-0.15, -0.1) is 16.8 Å². The van der Waals surface area contributed by atoms with Crippen LogP contribution in [-0.2, 0) is 17.9 Å². The number of aromatic hydroxyl groups is 2. The van der Waals surface area contributed by atoms with Gasteiger partial charge in [-0.05, 0) is 30.5 Å². The molecule has 1 amide bonds. The zero-order chi connectivity index (χ0) is 25.5. The van der Waals surface area contributed by atoms with E-state index in [1.807, 2.05) is 28.8 Å². The number of hydrogen-bond donors (Lipinski definition) is 4. The van der Waals surface area contributed by atoms with Crippen LogP contribution in [0.15, 0.2) is 83.6 Å². The molecule has 0 bridgehead atoms. The molecule has 1 heterocycles. The molecule has 0 radical (unpaired) electrons. The van der Waals surface area contributed by atoms with Gasteiger partial charge >= 0.3 is 0 Å². The van der Waals surface area contributed by atoms with Gasteiger partial charge in [0.1, 0.15) is 11.5 Å². The molecule has 0 aliphatic heterocycles. The van der Waals surface area contributed by atoms with E-state index in [1.165, 1.54) is 36.2 Å². The van der Waals surface area contributed by atoms with Gasteiger partial charge in [0.2, 0.25) is 0 Å². The van der Waals surface area contributed by atoms with Crippen LogP contribution in [0.25, 0.3) is 10.8 Å². The second-order valence-corrected chi connectivity index (χ2v) is 9.22. The molecule has 0 saturated heterocycles. The van der Waals surface area contributed by atoms with Gasteiger partial charge in [-0.1, -0.05) is 54.2 Å². The average Bonchev–Trinajstić information content (AvgIpc) is 3.25. The first-order valence-electron chi connectivity index (χ1n) is 11.2. The monoisotopic (exact) mass is 502 g/mol. The predicted octanol–water partition coefficient (Wildman–Crippen LogP) is 4.27. The minimum Gasteiger partial charge on any atom is -0.508 e. The van der Waals surface area contributed by atoms with Crippen molar-refractivity contribution in [3.05, 3.63) is 84.7 Å². The smallest absolute Gasteiger partial charge is 0.253 e. The number of phenolic OH excluding ortho intramolecular Hbond substituents is 2. The number of allylic oxidation sites excluding steroid dienone is 1. The number of amides is 1. The van der Waals surface area contributed by atoms with Crippen LogP contribution in [0.1, 0.15) is 18.3 Å². The number of hydrogen-bond acceptors (Lipinski definition) is 8. The molecule has 1 atom stereocenters. The molecule has 3 aromatic carbocycles. The van der Waals surface area contributed by atoms with E-state index in [-0.39, 0.29) is 17.4 Å². The summed E-state index contributed by atoms with van der Waals surface area (Å²) < 4.78 is 1.91. The van der Waals surface area contributed by atoms with Crippen molar-refractivity contribution in [2.45, 2.75) is 30.4 Å². The number of thioether (sulfide) groups is 1. The number of anilines is 1. The van der Waals surface area contributed by atoms with Crippen LogP contribution < -0.4 is 10.7 Å². The maximum atomic E-state index is 12.5. The maximum Gasteiger partial charge on any atom is 0.253 e. The number of nitrogens with zero attached hydrogens (tertiary/aromatic N) is 4. The Hall–Kier alpha value is -4.31. The molecule has 36 heavy (non-hydrogen) atoms. The molecule has 10 heteroatoms. The molecule has 184 valence electrons. The summed E-state index contributed by atoms with van der Waals surface area (Å²) in [7, 11) is 0. The Morgan fingerprint density at radius 2 is 1.97 bits per heavy atom. The highest BCUT2D eigenvalue weighted by molar-refractivity contribution is 8.00. The summed E-state index contributed by atoms with van der Waals surface area (Å²) >= 11 is 1.26. The first-order chi connectivity index (χ1) is 17.5. The number of phenols is 2. The predicted molar refractivity (Wildman–Crippen MR) is 142 cm³/mol. The summed E-state index contributed by atoms with van der Waals surface area (Å²) in [6.07, 6.45) is 3.06. The Morgan fingerprint density at radius 3 is 2.78 bits per heavy atom. The molecular formula is C26H26N6O3S. The summed E-state index contributed by atoms with van der Waals surface area (Å²) in [5, 5.41) is 37.5.